The van der Waals surface area contributed by atoms with E-state index in [1.165, 1.54) is 12.7 Å². The zero-order chi connectivity index (χ0) is 15.5. The molecule has 0 unspecified atom stereocenters. The molecule has 0 atom stereocenters. The highest BCUT2D eigenvalue weighted by atomic mass is 16.5. The first-order chi connectivity index (χ1) is 10.7. The van der Waals surface area contributed by atoms with E-state index in [0.717, 1.165) is 29.6 Å². The minimum atomic E-state index is -0.367. The number of hydrogen-bond donors (Lipinski definition) is 0. The Hall–Kier alpha value is -2.55. The summed E-state index contributed by atoms with van der Waals surface area (Å²) in [4.78, 5) is 11.9. The molecule has 3 heteroatoms. The summed E-state index contributed by atoms with van der Waals surface area (Å²) >= 11 is 0. The fraction of sp³-hybridized carbons (Fsp3) is 0.211. The van der Waals surface area contributed by atoms with Crippen molar-refractivity contribution in [3.8, 4) is 0 Å². The van der Waals surface area contributed by atoms with Gasteiger partial charge in [0.25, 0.3) is 0 Å². The monoisotopic (exact) mass is 294 g/mol. The summed E-state index contributed by atoms with van der Waals surface area (Å²) in [5.74, 6) is 0.549. The molecule has 0 radical (unpaired) electrons. The lowest BCUT2D eigenvalue weighted by molar-refractivity contribution is 0.0601. The second-order valence-electron chi connectivity index (χ2n) is 5.19. The molecule has 112 valence electrons. The number of fused-ring (bicyclic) bond motifs is 1. The lowest BCUT2D eigenvalue weighted by Gasteiger charge is -2.00. The summed E-state index contributed by atoms with van der Waals surface area (Å²) < 4.78 is 10.9. The van der Waals surface area contributed by atoms with Crippen molar-refractivity contribution in [3.05, 3.63) is 71.0 Å². The van der Waals surface area contributed by atoms with E-state index in [9.17, 15) is 4.79 Å². The standard InChI is InChI=1S/C19H18O3/c1-3-14-15-10-7-11-16(19(20)21-2)18(15)22-17(14)12-13-8-5-4-6-9-13/h4-11H,3,12H2,1-2H3. The molecule has 0 aliphatic heterocycles. The van der Waals surface area contributed by atoms with E-state index in [2.05, 4.69) is 19.1 Å². The van der Waals surface area contributed by atoms with Crippen molar-refractivity contribution >= 4 is 16.9 Å². The number of aryl methyl sites for hydroxylation is 1. The number of esters is 1. The molecule has 0 spiro atoms. The number of methoxy groups -OCH3 is 1. The first-order valence-corrected chi connectivity index (χ1v) is 7.40. The maximum absolute atomic E-state index is 11.9. The molecule has 0 saturated carbocycles. The summed E-state index contributed by atoms with van der Waals surface area (Å²) in [6.45, 7) is 2.10. The van der Waals surface area contributed by atoms with Crippen molar-refractivity contribution in [2.24, 2.45) is 0 Å². The molecule has 0 aliphatic rings. The van der Waals surface area contributed by atoms with Gasteiger partial charge in [-0.1, -0.05) is 49.4 Å². The van der Waals surface area contributed by atoms with Crippen LogP contribution in [-0.2, 0) is 17.6 Å². The van der Waals surface area contributed by atoms with Crippen molar-refractivity contribution in [2.45, 2.75) is 19.8 Å². The third kappa shape index (κ3) is 2.50. The quantitative estimate of drug-likeness (QED) is 0.671. The molecule has 1 heterocycles. The van der Waals surface area contributed by atoms with Crippen molar-refractivity contribution in [2.75, 3.05) is 7.11 Å². The number of carbonyl (C=O) groups excluding carboxylic acids is 1. The van der Waals surface area contributed by atoms with Crippen molar-refractivity contribution in [3.63, 3.8) is 0 Å². The highest BCUT2D eigenvalue weighted by molar-refractivity contribution is 6.03. The van der Waals surface area contributed by atoms with Crippen LogP contribution in [-0.4, -0.2) is 13.1 Å². The SMILES string of the molecule is CCc1c(Cc2ccccc2)oc2c(C(=O)OC)cccc12. The van der Waals surface area contributed by atoms with Crippen LogP contribution >= 0.6 is 0 Å². The summed E-state index contributed by atoms with van der Waals surface area (Å²) in [5.41, 5.74) is 3.45. The Balaban J connectivity index is 2.13. The van der Waals surface area contributed by atoms with Gasteiger partial charge < -0.3 is 9.15 Å². The van der Waals surface area contributed by atoms with Crippen LogP contribution in [0, 0.1) is 0 Å². The number of ether oxygens (including phenoxy) is 1. The molecule has 3 rings (SSSR count). The van der Waals surface area contributed by atoms with Gasteiger partial charge in [0.1, 0.15) is 16.9 Å². The molecular weight excluding hydrogens is 276 g/mol. The van der Waals surface area contributed by atoms with Crippen LogP contribution in [0.25, 0.3) is 11.0 Å². The molecule has 0 saturated heterocycles. The Bertz CT molecular complexity index is 800. The van der Waals surface area contributed by atoms with Crippen LogP contribution in [0.15, 0.2) is 52.9 Å². The van der Waals surface area contributed by atoms with E-state index in [4.69, 9.17) is 9.15 Å². The fourth-order valence-corrected chi connectivity index (χ4v) is 2.80. The largest absolute Gasteiger partial charge is 0.465 e. The van der Waals surface area contributed by atoms with Gasteiger partial charge >= 0.3 is 5.97 Å². The smallest absolute Gasteiger partial charge is 0.341 e. The number of benzene rings is 2. The zero-order valence-electron chi connectivity index (χ0n) is 12.8. The molecule has 22 heavy (non-hydrogen) atoms. The van der Waals surface area contributed by atoms with E-state index < -0.39 is 0 Å². The second-order valence-corrected chi connectivity index (χ2v) is 5.19. The third-order valence-corrected chi connectivity index (χ3v) is 3.87. The molecule has 0 amide bonds. The molecule has 0 N–H and O–H groups in total. The minimum absolute atomic E-state index is 0.367. The Labute approximate surface area is 129 Å². The lowest BCUT2D eigenvalue weighted by Crippen LogP contribution is -2.00. The van der Waals surface area contributed by atoms with Crippen LogP contribution in [0.3, 0.4) is 0 Å². The van der Waals surface area contributed by atoms with Gasteiger partial charge in [0.05, 0.1) is 7.11 Å². The molecule has 0 aliphatic carbocycles. The van der Waals surface area contributed by atoms with Gasteiger partial charge in [-0.25, -0.2) is 4.79 Å². The third-order valence-electron chi connectivity index (χ3n) is 3.87. The first-order valence-electron chi connectivity index (χ1n) is 7.40. The van der Waals surface area contributed by atoms with Crippen LogP contribution in [0.2, 0.25) is 0 Å². The Kier molecular flexibility index (Phi) is 3.96. The number of carbonyl (C=O) groups is 1. The molecule has 2 aromatic carbocycles. The van der Waals surface area contributed by atoms with E-state index in [0.29, 0.717) is 11.1 Å². The molecular formula is C19H18O3. The Morgan fingerprint density at radius 2 is 1.86 bits per heavy atom. The Morgan fingerprint density at radius 3 is 2.55 bits per heavy atom. The first kappa shape index (κ1) is 14.4. The van der Waals surface area contributed by atoms with Crippen LogP contribution < -0.4 is 0 Å². The van der Waals surface area contributed by atoms with Crippen molar-refractivity contribution < 1.29 is 13.9 Å². The molecule has 0 fully saturated rings. The van der Waals surface area contributed by atoms with E-state index in [1.807, 2.05) is 30.3 Å². The summed E-state index contributed by atoms with van der Waals surface area (Å²) in [5, 5.41) is 0.997. The predicted octanol–water partition coefficient (Wildman–Crippen LogP) is 4.37. The van der Waals surface area contributed by atoms with Gasteiger partial charge in [0, 0.05) is 17.4 Å². The van der Waals surface area contributed by atoms with E-state index in [1.54, 1.807) is 6.07 Å². The topological polar surface area (TPSA) is 39.4 Å². The normalized spacial score (nSPS) is 10.8. The molecule has 3 nitrogen and oxygen atoms in total. The number of hydrogen-bond acceptors (Lipinski definition) is 3. The summed E-state index contributed by atoms with van der Waals surface area (Å²) in [6, 6.07) is 15.8. The fourth-order valence-electron chi connectivity index (χ4n) is 2.80. The maximum atomic E-state index is 11.9. The van der Waals surface area contributed by atoms with Gasteiger partial charge in [0.15, 0.2) is 0 Å². The average molecular weight is 294 g/mol. The zero-order valence-corrected chi connectivity index (χ0v) is 12.8. The van der Waals surface area contributed by atoms with Gasteiger partial charge in [-0.05, 0) is 18.1 Å². The van der Waals surface area contributed by atoms with E-state index in [-0.39, 0.29) is 5.97 Å². The van der Waals surface area contributed by atoms with Crippen LogP contribution in [0.4, 0.5) is 0 Å². The molecule has 3 aromatic rings. The number of rotatable bonds is 4. The summed E-state index contributed by atoms with van der Waals surface area (Å²) in [6.07, 6.45) is 1.58. The van der Waals surface area contributed by atoms with Crippen molar-refractivity contribution in [1.82, 2.24) is 0 Å². The van der Waals surface area contributed by atoms with Gasteiger partial charge in [-0.3, -0.25) is 0 Å². The van der Waals surface area contributed by atoms with Crippen molar-refractivity contribution in [1.29, 1.82) is 0 Å². The highest BCUT2D eigenvalue weighted by Gasteiger charge is 2.19. The summed E-state index contributed by atoms with van der Waals surface area (Å²) in [7, 11) is 1.38. The average Bonchev–Trinajstić information content (AvgIpc) is 2.92. The predicted molar refractivity (Wildman–Crippen MR) is 86.2 cm³/mol. The number of furan rings is 1. The molecule has 0 bridgehead atoms. The van der Waals surface area contributed by atoms with Gasteiger partial charge in [-0.15, -0.1) is 0 Å². The maximum Gasteiger partial charge on any atom is 0.341 e. The number of para-hydroxylation sites is 1. The Morgan fingerprint density at radius 1 is 1.09 bits per heavy atom. The lowest BCUT2D eigenvalue weighted by atomic mass is 10.0. The van der Waals surface area contributed by atoms with E-state index >= 15 is 0 Å². The van der Waals surface area contributed by atoms with Gasteiger partial charge in [-0.2, -0.15) is 0 Å². The minimum Gasteiger partial charge on any atom is -0.465 e. The van der Waals surface area contributed by atoms with Gasteiger partial charge in [0.2, 0.25) is 0 Å². The van der Waals surface area contributed by atoms with Crippen LogP contribution in [0.1, 0.15) is 34.2 Å². The second kappa shape index (κ2) is 6.06. The molecule has 1 aromatic heterocycles. The van der Waals surface area contributed by atoms with Crippen LogP contribution in [0.5, 0.6) is 0 Å². The highest BCUT2D eigenvalue weighted by Crippen LogP contribution is 2.31.